The molecule has 0 atom stereocenters. The Bertz CT molecular complexity index is 1350. The van der Waals surface area contributed by atoms with E-state index < -0.39 is 0 Å². The summed E-state index contributed by atoms with van der Waals surface area (Å²) in [5.41, 5.74) is 9.61. The Morgan fingerprint density at radius 1 is 1.12 bits per heavy atom. The highest BCUT2D eigenvalue weighted by molar-refractivity contribution is 6.10. The Kier molecular flexibility index (Phi) is 6.39. The minimum atomic E-state index is -0.296. The topological polar surface area (TPSA) is 117 Å². The van der Waals surface area contributed by atoms with E-state index in [-0.39, 0.29) is 17.3 Å². The van der Waals surface area contributed by atoms with Gasteiger partial charge in [0, 0.05) is 6.54 Å². The lowest BCUT2D eigenvalue weighted by Crippen LogP contribution is -2.25. The summed E-state index contributed by atoms with van der Waals surface area (Å²) in [6.45, 7) is 2.62. The summed E-state index contributed by atoms with van der Waals surface area (Å²) in [6.07, 6.45) is 3.46. The number of hydrogen-bond acceptors (Lipinski definition) is 7. The lowest BCUT2D eigenvalue weighted by atomic mass is 10.2. The van der Waals surface area contributed by atoms with Crippen LogP contribution in [0.2, 0.25) is 0 Å². The summed E-state index contributed by atoms with van der Waals surface area (Å²) in [5, 5.41) is 7.44. The van der Waals surface area contributed by atoms with Gasteiger partial charge in [-0.2, -0.15) is 9.78 Å². The van der Waals surface area contributed by atoms with Crippen molar-refractivity contribution in [3.8, 4) is 11.5 Å². The third kappa shape index (κ3) is 4.30. The molecule has 0 bridgehead atoms. The number of aromatic nitrogens is 3. The number of anilines is 1. The smallest absolute Gasteiger partial charge is 0.257 e. The van der Waals surface area contributed by atoms with E-state index in [0.29, 0.717) is 40.2 Å². The largest absolute Gasteiger partial charge is 0.493 e. The van der Waals surface area contributed by atoms with Crippen molar-refractivity contribution in [2.75, 3.05) is 26.5 Å². The highest BCUT2D eigenvalue weighted by Gasteiger charge is 2.23. The molecular formula is C24H26N6O3. The minimum Gasteiger partial charge on any atom is -0.493 e. The SMILES string of the molecule is CCCCNC(=O)c1c(N)n(/N=C/c2ccc(OC)c(OC)c2)c2nc3ccccc3nc12. The normalized spacial score (nSPS) is 11.4. The molecule has 0 aliphatic carbocycles. The fraction of sp³-hybridized carbons (Fsp3) is 0.250. The molecule has 0 spiro atoms. The van der Waals surface area contributed by atoms with Crippen molar-refractivity contribution in [3.63, 3.8) is 0 Å². The van der Waals surface area contributed by atoms with E-state index in [1.807, 2.05) is 30.3 Å². The van der Waals surface area contributed by atoms with Crippen LogP contribution in [-0.2, 0) is 0 Å². The molecule has 0 unspecified atom stereocenters. The van der Waals surface area contributed by atoms with Gasteiger partial charge in [-0.05, 0) is 42.3 Å². The van der Waals surface area contributed by atoms with Crippen LogP contribution in [-0.4, -0.2) is 47.5 Å². The zero-order valence-electron chi connectivity index (χ0n) is 18.8. The Morgan fingerprint density at radius 2 is 1.85 bits per heavy atom. The van der Waals surface area contributed by atoms with Crippen LogP contribution in [0, 0.1) is 0 Å². The maximum absolute atomic E-state index is 13.0. The molecule has 2 aromatic heterocycles. The van der Waals surface area contributed by atoms with Crippen LogP contribution in [0.1, 0.15) is 35.7 Å². The van der Waals surface area contributed by atoms with Crippen LogP contribution in [0.5, 0.6) is 11.5 Å². The monoisotopic (exact) mass is 446 g/mol. The van der Waals surface area contributed by atoms with Crippen molar-refractivity contribution in [1.29, 1.82) is 0 Å². The van der Waals surface area contributed by atoms with Crippen molar-refractivity contribution < 1.29 is 14.3 Å². The van der Waals surface area contributed by atoms with Gasteiger partial charge in [0.1, 0.15) is 16.9 Å². The van der Waals surface area contributed by atoms with Crippen LogP contribution >= 0.6 is 0 Å². The van der Waals surface area contributed by atoms with Gasteiger partial charge in [0.05, 0.1) is 31.5 Å². The number of nitrogens with two attached hydrogens (primary N) is 1. The number of unbranched alkanes of at least 4 members (excludes halogenated alkanes) is 1. The number of nitrogens with zero attached hydrogens (tertiary/aromatic N) is 4. The predicted molar refractivity (Wildman–Crippen MR) is 129 cm³/mol. The van der Waals surface area contributed by atoms with E-state index in [0.717, 1.165) is 18.4 Å². The number of rotatable bonds is 8. The van der Waals surface area contributed by atoms with E-state index in [4.69, 9.17) is 20.2 Å². The molecule has 4 aromatic rings. The van der Waals surface area contributed by atoms with Crippen molar-refractivity contribution in [2.45, 2.75) is 19.8 Å². The number of fused-ring (bicyclic) bond motifs is 2. The van der Waals surface area contributed by atoms with Crippen LogP contribution in [0.15, 0.2) is 47.6 Å². The highest BCUT2D eigenvalue weighted by atomic mass is 16.5. The third-order valence-corrected chi connectivity index (χ3v) is 5.25. The first-order valence-corrected chi connectivity index (χ1v) is 10.7. The van der Waals surface area contributed by atoms with E-state index in [1.54, 1.807) is 32.6 Å². The van der Waals surface area contributed by atoms with Crippen molar-refractivity contribution >= 4 is 40.1 Å². The maximum atomic E-state index is 13.0. The van der Waals surface area contributed by atoms with E-state index >= 15 is 0 Å². The second-order valence-corrected chi connectivity index (χ2v) is 7.43. The molecule has 3 N–H and O–H groups in total. The predicted octanol–water partition coefficient (Wildman–Crippen LogP) is 3.60. The first kappa shape index (κ1) is 22.1. The first-order valence-electron chi connectivity index (χ1n) is 10.7. The average molecular weight is 447 g/mol. The number of hydrogen-bond donors (Lipinski definition) is 2. The summed E-state index contributed by atoms with van der Waals surface area (Å²) in [5.74, 6) is 1.07. The molecule has 0 saturated carbocycles. The molecule has 170 valence electrons. The van der Waals surface area contributed by atoms with Crippen molar-refractivity contribution in [1.82, 2.24) is 20.0 Å². The van der Waals surface area contributed by atoms with E-state index in [1.165, 1.54) is 4.68 Å². The third-order valence-electron chi connectivity index (χ3n) is 5.25. The summed E-state index contributed by atoms with van der Waals surface area (Å²) >= 11 is 0. The molecular weight excluding hydrogens is 420 g/mol. The Morgan fingerprint density at radius 3 is 2.55 bits per heavy atom. The Labute approximate surface area is 191 Å². The molecule has 2 heterocycles. The van der Waals surface area contributed by atoms with Gasteiger partial charge in [0.2, 0.25) is 0 Å². The molecule has 2 aromatic carbocycles. The van der Waals surface area contributed by atoms with Crippen LogP contribution < -0.4 is 20.5 Å². The van der Waals surface area contributed by atoms with Gasteiger partial charge >= 0.3 is 0 Å². The molecule has 9 nitrogen and oxygen atoms in total. The average Bonchev–Trinajstić information content (AvgIpc) is 3.11. The molecule has 0 fully saturated rings. The number of carbonyl (C=O) groups is 1. The summed E-state index contributed by atoms with van der Waals surface area (Å²) in [6, 6.07) is 12.9. The van der Waals surface area contributed by atoms with Gasteiger partial charge < -0.3 is 20.5 Å². The molecule has 1 amide bonds. The van der Waals surface area contributed by atoms with Crippen LogP contribution in [0.4, 0.5) is 5.82 Å². The molecule has 0 aliphatic heterocycles. The van der Waals surface area contributed by atoms with Crippen LogP contribution in [0.25, 0.3) is 22.2 Å². The molecule has 4 rings (SSSR count). The minimum absolute atomic E-state index is 0.172. The number of benzene rings is 2. The fourth-order valence-corrected chi connectivity index (χ4v) is 3.51. The van der Waals surface area contributed by atoms with E-state index in [2.05, 4.69) is 22.3 Å². The second-order valence-electron chi connectivity index (χ2n) is 7.43. The fourth-order valence-electron chi connectivity index (χ4n) is 3.51. The number of carbonyl (C=O) groups excluding carboxylic acids is 1. The molecule has 33 heavy (non-hydrogen) atoms. The first-order chi connectivity index (χ1) is 16.1. The highest BCUT2D eigenvalue weighted by Crippen LogP contribution is 2.29. The zero-order chi connectivity index (χ0) is 23.4. The number of para-hydroxylation sites is 2. The molecule has 0 saturated heterocycles. The van der Waals surface area contributed by atoms with Crippen molar-refractivity contribution in [3.05, 3.63) is 53.6 Å². The summed E-state index contributed by atoms with van der Waals surface area (Å²) < 4.78 is 12.1. The zero-order valence-corrected chi connectivity index (χ0v) is 18.8. The number of ether oxygens (including phenoxy) is 2. The standard InChI is InChI=1S/C24H26N6O3/c1-4-5-12-26-24(31)20-21-23(29-17-9-7-6-8-16(17)28-21)30(22(20)25)27-14-15-10-11-18(32-2)19(13-15)33-3/h6-11,13-14H,4-5,12,25H2,1-3H3,(H,26,31)/b27-14+. The van der Waals surface area contributed by atoms with Crippen LogP contribution in [0.3, 0.4) is 0 Å². The Hall–Kier alpha value is -4.14. The second kappa shape index (κ2) is 9.56. The summed E-state index contributed by atoms with van der Waals surface area (Å²) in [7, 11) is 3.15. The van der Waals surface area contributed by atoms with Gasteiger partial charge in [0.15, 0.2) is 17.1 Å². The molecule has 0 aliphatic rings. The quantitative estimate of drug-likeness (QED) is 0.316. The van der Waals surface area contributed by atoms with Gasteiger partial charge in [-0.25, -0.2) is 9.97 Å². The molecule has 0 radical (unpaired) electrons. The number of nitrogens with one attached hydrogen (secondary N) is 1. The Balaban J connectivity index is 1.83. The van der Waals surface area contributed by atoms with Gasteiger partial charge in [-0.15, -0.1) is 0 Å². The lowest BCUT2D eigenvalue weighted by Gasteiger charge is -2.07. The van der Waals surface area contributed by atoms with Gasteiger partial charge in [-0.3, -0.25) is 4.79 Å². The number of nitrogen functional groups attached to an aromatic ring is 1. The van der Waals surface area contributed by atoms with E-state index in [9.17, 15) is 4.79 Å². The number of amides is 1. The van der Waals surface area contributed by atoms with Gasteiger partial charge in [-0.1, -0.05) is 25.5 Å². The maximum Gasteiger partial charge on any atom is 0.257 e. The number of methoxy groups -OCH3 is 2. The van der Waals surface area contributed by atoms with Crippen molar-refractivity contribution in [2.24, 2.45) is 5.10 Å². The molecule has 9 heteroatoms. The summed E-state index contributed by atoms with van der Waals surface area (Å²) in [4.78, 5) is 22.3. The lowest BCUT2D eigenvalue weighted by molar-refractivity contribution is 0.0955. The van der Waals surface area contributed by atoms with Gasteiger partial charge in [0.25, 0.3) is 5.91 Å².